The van der Waals surface area contributed by atoms with Crippen LogP contribution in [0.2, 0.25) is 0 Å². The number of aromatic amines is 1. The Morgan fingerprint density at radius 3 is 2.75 bits per heavy atom. The number of ether oxygens (including phenoxy) is 3. The maximum atomic E-state index is 12.0. The molecule has 0 amide bonds. The van der Waals surface area contributed by atoms with Gasteiger partial charge in [0.2, 0.25) is 0 Å². The Morgan fingerprint density at radius 1 is 1.29 bits per heavy atom. The Kier molecular flexibility index (Phi) is 6.36. The highest BCUT2D eigenvalue weighted by Gasteiger charge is 2.22. The van der Waals surface area contributed by atoms with Crippen LogP contribution in [0.5, 0.6) is 11.5 Å². The second kappa shape index (κ2) is 8.49. The Hall–Kier alpha value is -2.35. The number of nitrogens with one attached hydrogen (secondary N) is 1. The number of esters is 1. The number of H-pyrrole nitrogens is 1. The van der Waals surface area contributed by atoms with Gasteiger partial charge < -0.3 is 14.2 Å². The summed E-state index contributed by atoms with van der Waals surface area (Å²) in [4.78, 5) is 12.0. The molecule has 0 saturated heterocycles. The fourth-order valence-electron chi connectivity index (χ4n) is 2.02. The van der Waals surface area contributed by atoms with Crippen molar-refractivity contribution in [3.63, 3.8) is 0 Å². The van der Waals surface area contributed by atoms with Gasteiger partial charge in [0.05, 0.1) is 17.7 Å². The minimum Gasteiger partial charge on any atom is -0.490 e. The zero-order chi connectivity index (χ0) is 17.5. The number of hydrogen-bond donors (Lipinski definition) is 1. The van der Waals surface area contributed by atoms with Gasteiger partial charge in [0.15, 0.2) is 17.2 Å². The van der Waals surface area contributed by atoms with Crippen LogP contribution in [-0.4, -0.2) is 41.2 Å². The van der Waals surface area contributed by atoms with Crippen LogP contribution >= 0.6 is 15.9 Å². The lowest BCUT2D eigenvalue weighted by Gasteiger charge is -2.14. The Balaban J connectivity index is 2.47. The standard InChI is InChI=1S/C16H18BrN3O4/c1-4-7-24-15-11(17)8-10(9-12(15)22-5-2)13-14(19-20-18-13)16(21)23-6-3/h4,8-9H,1,5-7H2,2-3H3,(H,18,19,20). The van der Waals surface area contributed by atoms with E-state index in [1.807, 2.05) is 6.92 Å². The van der Waals surface area contributed by atoms with Crippen molar-refractivity contribution in [1.82, 2.24) is 15.4 Å². The van der Waals surface area contributed by atoms with E-state index in [1.165, 1.54) is 0 Å². The average molecular weight is 396 g/mol. The molecule has 0 fully saturated rings. The van der Waals surface area contributed by atoms with Crippen LogP contribution < -0.4 is 9.47 Å². The van der Waals surface area contributed by atoms with Crippen molar-refractivity contribution >= 4 is 21.9 Å². The highest BCUT2D eigenvalue weighted by molar-refractivity contribution is 9.10. The number of carbonyl (C=O) groups excluding carboxylic acids is 1. The predicted octanol–water partition coefficient (Wildman–Crippen LogP) is 3.37. The molecule has 0 unspecified atom stereocenters. The van der Waals surface area contributed by atoms with Gasteiger partial charge in [-0.25, -0.2) is 4.79 Å². The normalized spacial score (nSPS) is 10.3. The van der Waals surface area contributed by atoms with Gasteiger partial charge in [-0.1, -0.05) is 12.7 Å². The van der Waals surface area contributed by atoms with E-state index < -0.39 is 5.97 Å². The van der Waals surface area contributed by atoms with E-state index >= 15 is 0 Å². The highest BCUT2D eigenvalue weighted by Crippen LogP contribution is 2.40. The molecule has 0 aliphatic rings. The van der Waals surface area contributed by atoms with E-state index in [-0.39, 0.29) is 12.3 Å². The van der Waals surface area contributed by atoms with E-state index in [1.54, 1.807) is 25.1 Å². The minimum absolute atomic E-state index is 0.117. The van der Waals surface area contributed by atoms with Crippen LogP contribution in [0.1, 0.15) is 24.3 Å². The first-order chi connectivity index (χ1) is 11.6. The molecule has 2 rings (SSSR count). The molecule has 2 aromatic rings. The summed E-state index contributed by atoms with van der Waals surface area (Å²) in [6.07, 6.45) is 1.65. The molecule has 8 heteroatoms. The zero-order valence-electron chi connectivity index (χ0n) is 13.5. The van der Waals surface area contributed by atoms with E-state index in [2.05, 4.69) is 37.9 Å². The Bertz CT molecular complexity index is 730. The molecule has 0 radical (unpaired) electrons. The smallest absolute Gasteiger partial charge is 0.361 e. The molecular weight excluding hydrogens is 378 g/mol. The van der Waals surface area contributed by atoms with E-state index in [4.69, 9.17) is 14.2 Å². The predicted molar refractivity (Wildman–Crippen MR) is 92.3 cm³/mol. The molecule has 0 aliphatic heterocycles. The number of halogens is 1. The Morgan fingerprint density at radius 2 is 2.08 bits per heavy atom. The zero-order valence-corrected chi connectivity index (χ0v) is 15.1. The van der Waals surface area contributed by atoms with Crippen LogP contribution in [0.25, 0.3) is 11.3 Å². The second-order valence-electron chi connectivity index (χ2n) is 4.56. The molecule has 0 bridgehead atoms. The summed E-state index contributed by atoms with van der Waals surface area (Å²) in [7, 11) is 0. The first-order valence-electron chi connectivity index (χ1n) is 7.40. The largest absolute Gasteiger partial charge is 0.490 e. The lowest BCUT2D eigenvalue weighted by Crippen LogP contribution is -2.07. The van der Waals surface area contributed by atoms with Crippen LogP contribution in [0.3, 0.4) is 0 Å². The topological polar surface area (TPSA) is 86.3 Å². The quantitative estimate of drug-likeness (QED) is 0.544. The minimum atomic E-state index is -0.540. The van der Waals surface area contributed by atoms with Gasteiger partial charge in [-0.05, 0) is 41.9 Å². The van der Waals surface area contributed by atoms with Gasteiger partial charge >= 0.3 is 5.97 Å². The van der Waals surface area contributed by atoms with E-state index in [9.17, 15) is 4.79 Å². The van der Waals surface area contributed by atoms with Gasteiger partial charge in [0.1, 0.15) is 12.3 Å². The molecule has 1 aromatic heterocycles. The van der Waals surface area contributed by atoms with Gasteiger partial charge in [-0.15, -0.1) is 5.10 Å². The van der Waals surface area contributed by atoms with Crippen molar-refractivity contribution < 1.29 is 19.0 Å². The third-order valence-corrected chi connectivity index (χ3v) is 3.53. The maximum Gasteiger partial charge on any atom is 0.361 e. The molecule has 0 atom stereocenters. The highest BCUT2D eigenvalue weighted by atomic mass is 79.9. The first-order valence-corrected chi connectivity index (χ1v) is 8.19. The van der Waals surface area contributed by atoms with Crippen LogP contribution in [-0.2, 0) is 4.74 Å². The van der Waals surface area contributed by atoms with E-state index in [0.717, 1.165) is 0 Å². The van der Waals surface area contributed by atoms with Crippen molar-refractivity contribution in [2.45, 2.75) is 13.8 Å². The summed E-state index contributed by atoms with van der Waals surface area (Å²) >= 11 is 3.46. The lowest BCUT2D eigenvalue weighted by atomic mass is 10.1. The molecule has 0 saturated carbocycles. The van der Waals surface area contributed by atoms with Gasteiger partial charge in [-0.3, -0.25) is 0 Å². The molecule has 7 nitrogen and oxygen atoms in total. The summed E-state index contributed by atoms with van der Waals surface area (Å²) in [6.45, 7) is 8.30. The van der Waals surface area contributed by atoms with Crippen LogP contribution in [0.4, 0.5) is 0 Å². The summed E-state index contributed by atoms with van der Waals surface area (Å²) in [5, 5.41) is 10.4. The maximum absolute atomic E-state index is 12.0. The van der Waals surface area contributed by atoms with Gasteiger partial charge in [0.25, 0.3) is 0 Å². The van der Waals surface area contributed by atoms with Crippen LogP contribution in [0.15, 0.2) is 29.3 Å². The number of benzene rings is 1. The molecule has 1 N–H and O–H groups in total. The summed E-state index contributed by atoms with van der Waals surface area (Å²) in [5.74, 6) is 0.547. The fraction of sp³-hybridized carbons (Fsp3) is 0.312. The third-order valence-electron chi connectivity index (χ3n) is 2.95. The number of nitrogens with zero attached hydrogens (tertiary/aromatic N) is 2. The van der Waals surface area contributed by atoms with Crippen molar-refractivity contribution in [3.8, 4) is 22.8 Å². The van der Waals surface area contributed by atoms with Crippen LogP contribution in [0, 0.1) is 0 Å². The summed E-state index contributed by atoms with van der Waals surface area (Å²) in [5.41, 5.74) is 1.14. The van der Waals surface area contributed by atoms with Crippen molar-refractivity contribution in [3.05, 3.63) is 35.0 Å². The monoisotopic (exact) mass is 395 g/mol. The van der Waals surface area contributed by atoms with E-state index in [0.29, 0.717) is 40.4 Å². The Labute approximate surface area is 148 Å². The fourth-order valence-corrected chi connectivity index (χ4v) is 2.58. The van der Waals surface area contributed by atoms with Gasteiger partial charge in [-0.2, -0.15) is 10.3 Å². The molecule has 24 heavy (non-hydrogen) atoms. The number of carbonyl (C=O) groups is 1. The molecule has 1 aromatic carbocycles. The van der Waals surface area contributed by atoms with Crippen molar-refractivity contribution in [2.75, 3.05) is 19.8 Å². The molecule has 1 heterocycles. The molecule has 0 aliphatic carbocycles. The average Bonchev–Trinajstić information content (AvgIpc) is 3.04. The second-order valence-corrected chi connectivity index (χ2v) is 5.41. The SMILES string of the molecule is C=CCOc1c(Br)cc(-c2n[nH]nc2C(=O)OCC)cc1OCC. The number of aromatic nitrogens is 3. The van der Waals surface area contributed by atoms with Crippen molar-refractivity contribution in [2.24, 2.45) is 0 Å². The third kappa shape index (κ3) is 3.94. The van der Waals surface area contributed by atoms with Gasteiger partial charge in [0, 0.05) is 5.56 Å². The first kappa shape index (κ1) is 18.0. The molecular formula is C16H18BrN3O4. The molecule has 0 spiro atoms. The molecule has 128 valence electrons. The van der Waals surface area contributed by atoms with Crippen molar-refractivity contribution in [1.29, 1.82) is 0 Å². The lowest BCUT2D eigenvalue weighted by molar-refractivity contribution is 0.0520. The number of rotatable bonds is 8. The number of hydrogen-bond acceptors (Lipinski definition) is 6. The summed E-state index contributed by atoms with van der Waals surface area (Å²) < 4.78 is 16.9. The summed E-state index contributed by atoms with van der Waals surface area (Å²) in [6, 6.07) is 3.52.